The Morgan fingerprint density at radius 1 is 1.24 bits per heavy atom. The van der Waals surface area contributed by atoms with Crippen molar-refractivity contribution in [1.29, 1.82) is 5.41 Å². The molecule has 3 N–H and O–H groups in total. The van der Waals surface area contributed by atoms with Crippen LogP contribution in [0, 0.1) is 24.7 Å². The molecule has 0 unspecified atom stereocenters. The van der Waals surface area contributed by atoms with Gasteiger partial charge in [0.15, 0.2) is 0 Å². The molecule has 4 heteroatoms. The summed E-state index contributed by atoms with van der Waals surface area (Å²) in [5.41, 5.74) is 10.3. The summed E-state index contributed by atoms with van der Waals surface area (Å²) in [7, 11) is 0. The number of unbranched alkanes of at least 4 members (excludes halogenated alkanes) is 1. The number of nitrogens with zero attached hydrogens (tertiary/aromatic N) is 2. The maximum absolute atomic E-state index is 7.59. The van der Waals surface area contributed by atoms with Crippen molar-refractivity contribution in [2.24, 2.45) is 11.1 Å². The van der Waals surface area contributed by atoms with E-state index in [1.807, 2.05) is 20.2 Å². The van der Waals surface area contributed by atoms with Crippen LogP contribution < -0.4 is 5.73 Å². The minimum atomic E-state index is -0.190. The SMILES string of the molecule is Cc1cc2ncn(CCCCC(C)(C)C(=N)N)c2cc1C. The average molecular weight is 286 g/mol. The van der Waals surface area contributed by atoms with Crippen molar-refractivity contribution in [1.82, 2.24) is 9.55 Å². The topological polar surface area (TPSA) is 67.7 Å². The van der Waals surface area contributed by atoms with Gasteiger partial charge in [-0.2, -0.15) is 0 Å². The molecule has 0 saturated heterocycles. The van der Waals surface area contributed by atoms with Crippen LogP contribution >= 0.6 is 0 Å². The van der Waals surface area contributed by atoms with E-state index in [1.165, 1.54) is 16.6 Å². The predicted molar refractivity (Wildman–Crippen MR) is 88.8 cm³/mol. The van der Waals surface area contributed by atoms with Crippen LogP contribution in [0.1, 0.15) is 44.2 Å². The Morgan fingerprint density at radius 3 is 2.57 bits per heavy atom. The van der Waals surface area contributed by atoms with E-state index in [0.29, 0.717) is 0 Å². The Labute approximate surface area is 126 Å². The van der Waals surface area contributed by atoms with Gasteiger partial charge in [-0.3, -0.25) is 5.41 Å². The number of nitrogens with two attached hydrogens (primary N) is 1. The van der Waals surface area contributed by atoms with Crippen LogP contribution in [0.3, 0.4) is 0 Å². The van der Waals surface area contributed by atoms with Crippen molar-refractivity contribution < 1.29 is 0 Å². The van der Waals surface area contributed by atoms with Gasteiger partial charge in [-0.05, 0) is 49.9 Å². The largest absolute Gasteiger partial charge is 0.387 e. The summed E-state index contributed by atoms with van der Waals surface area (Å²) in [6, 6.07) is 4.37. The summed E-state index contributed by atoms with van der Waals surface area (Å²) in [6.07, 6.45) is 5.03. The van der Waals surface area contributed by atoms with Crippen LogP contribution in [-0.2, 0) is 6.54 Å². The smallest absolute Gasteiger partial charge is 0.0963 e. The molecule has 4 nitrogen and oxygen atoms in total. The van der Waals surface area contributed by atoms with Crippen molar-refractivity contribution in [2.75, 3.05) is 0 Å². The summed E-state index contributed by atoms with van der Waals surface area (Å²) in [6.45, 7) is 9.30. The van der Waals surface area contributed by atoms with Crippen LogP contribution in [0.25, 0.3) is 11.0 Å². The molecule has 0 fully saturated rings. The van der Waals surface area contributed by atoms with E-state index in [1.54, 1.807) is 0 Å². The van der Waals surface area contributed by atoms with Crippen molar-refractivity contribution in [3.05, 3.63) is 29.6 Å². The molecular weight excluding hydrogens is 260 g/mol. The Hall–Kier alpha value is -1.84. The molecule has 0 saturated carbocycles. The Morgan fingerprint density at radius 2 is 1.90 bits per heavy atom. The lowest BCUT2D eigenvalue weighted by molar-refractivity contribution is 0.431. The van der Waals surface area contributed by atoms with Gasteiger partial charge in [0.05, 0.1) is 23.2 Å². The van der Waals surface area contributed by atoms with Gasteiger partial charge in [0, 0.05) is 12.0 Å². The van der Waals surface area contributed by atoms with Gasteiger partial charge in [0.2, 0.25) is 0 Å². The molecule has 2 rings (SSSR count). The third-order valence-corrected chi connectivity index (χ3v) is 4.42. The molecule has 0 atom stereocenters. The van der Waals surface area contributed by atoms with Crippen LogP contribution in [0.2, 0.25) is 0 Å². The van der Waals surface area contributed by atoms with Crippen LogP contribution in [0.15, 0.2) is 18.5 Å². The third kappa shape index (κ3) is 3.43. The molecule has 1 aromatic carbocycles. The van der Waals surface area contributed by atoms with Crippen LogP contribution in [0.4, 0.5) is 0 Å². The van der Waals surface area contributed by atoms with Gasteiger partial charge in [0.1, 0.15) is 0 Å². The third-order valence-electron chi connectivity index (χ3n) is 4.42. The molecule has 1 heterocycles. The highest BCUT2D eigenvalue weighted by molar-refractivity contribution is 5.82. The number of imidazole rings is 1. The number of amidine groups is 1. The van der Waals surface area contributed by atoms with E-state index >= 15 is 0 Å². The first-order valence-corrected chi connectivity index (χ1v) is 7.58. The number of aromatic nitrogens is 2. The highest BCUT2D eigenvalue weighted by atomic mass is 15.0. The molecule has 0 aliphatic heterocycles. The summed E-state index contributed by atoms with van der Waals surface area (Å²) >= 11 is 0. The summed E-state index contributed by atoms with van der Waals surface area (Å²) in [5, 5.41) is 7.59. The highest BCUT2D eigenvalue weighted by Crippen LogP contribution is 2.23. The fourth-order valence-electron chi connectivity index (χ4n) is 2.48. The highest BCUT2D eigenvalue weighted by Gasteiger charge is 2.20. The number of nitrogens with one attached hydrogen (secondary N) is 1. The van der Waals surface area contributed by atoms with E-state index in [2.05, 4.69) is 35.5 Å². The van der Waals surface area contributed by atoms with E-state index in [-0.39, 0.29) is 11.3 Å². The second-order valence-corrected chi connectivity index (χ2v) is 6.62. The maximum Gasteiger partial charge on any atom is 0.0963 e. The number of aryl methyl sites for hydroxylation is 3. The van der Waals surface area contributed by atoms with Gasteiger partial charge in [-0.1, -0.05) is 20.3 Å². The molecule has 2 aromatic rings. The number of fused-ring (bicyclic) bond motifs is 1. The molecular formula is C17H26N4. The van der Waals surface area contributed by atoms with E-state index in [9.17, 15) is 0 Å². The molecule has 0 radical (unpaired) electrons. The number of benzene rings is 1. The van der Waals surface area contributed by atoms with Crippen molar-refractivity contribution >= 4 is 16.9 Å². The number of hydrogen-bond donors (Lipinski definition) is 2. The summed E-state index contributed by atoms with van der Waals surface area (Å²) in [5.74, 6) is 0.279. The van der Waals surface area contributed by atoms with E-state index in [0.717, 1.165) is 31.3 Å². The zero-order valence-electron chi connectivity index (χ0n) is 13.5. The van der Waals surface area contributed by atoms with Gasteiger partial charge in [0.25, 0.3) is 0 Å². The van der Waals surface area contributed by atoms with Gasteiger partial charge in [-0.15, -0.1) is 0 Å². The van der Waals surface area contributed by atoms with Crippen molar-refractivity contribution in [3.63, 3.8) is 0 Å². The minimum absolute atomic E-state index is 0.190. The molecule has 0 aliphatic carbocycles. The second kappa shape index (κ2) is 5.88. The summed E-state index contributed by atoms with van der Waals surface area (Å²) < 4.78 is 2.22. The standard InChI is InChI=1S/C17H26N4/c1-12-9-14-15(10-13(12)2)21(11-20-14)8-6-5-7-17(3,4)16(18)19/h9-11H,5-8H2,1-4H3,(H3,18,19). The van der Waals surface area contributed by atoms with Crippen molar-refractivity contribution in [2.45, 2.75) is 53.5 Å². The number of hydrogen-bond acceptors (Lipinski definition) is 2. The van der Waals surface area contributed by atoms with E-state index in [4.69, 9.17) is 11.1 Å². The molecule has 0 bridgehead atoms. The average Bonchev–Trinajstić information content (AvgIpc) is 2.77. The fraction of sp³-hybridized carbons (Fsp3) is 0.529. The molecule has 0 aliphatic rings. The maximum atomic E-state index is 7.59. The second-order valence-electron chi connectivity index (χ2n) is 6.62. The monoisotopic (exact) mass is 286 g/mol. The molecule has 0 amide bonds. The predicted octanol–water partition coefficient (Wildman–Crippen LogP) is 3.79. The molecule has 21 heavy (non-hydrogen) atoms. The van der Waals surface area contributed by atoms with Crippen LogP contribution in [-0.4, -0.2) is 15.4 Å². The Kier molecular flexibility index (Phi) is 4.35. The molecule has 0 spiro atoms. The van der Waals surface area contributed by atoms with Gasteiger partial charge >= 0.3 is 0 Å². The zero-order chi connectivity index (χ0) is 15.6. The molecule has 114 valence electrons. The molecule has 1 aromatic heterocycles. The number of rotatable bonds is 6. The lowest BCUT2D eigenvalue weighted by atomic mass is 9.86. The van der Waals surface area contributed by atoms with Gasteiger partial charge in [-0.25, -0.2) is 4.98 Å². The lowest BCUT2D eigenvalue weighted by Gasteiger charge is -2.22. The normalized spacial score (nSPS) is 12.0. The lowest BCUT2D eigenvalue weighted by Crippen LogP contribution is -2.30. The van der Waals surface area contributed by atoms with E-state index < -0.39 is 0 Å². The first kappa shape index (κ1) is 15.5. The first-order chi connectivity index (χ1) is 9.81. The Balaban J connectivity index is 1.98. The van der Waals surface area contributed by atoms with Gasteiger partial charge < -0.3 is 10.3 Å². The minimum Gasteiger partial charge on any atom is -0.387 e. The van der Waals surface area contributed by atoms with Crippen molar-refractivity contribution in [3.8, 4) is 0 Å². The zero-order valence-corrected chi connectivity index (χ0v) is 13.5. The fourth-order valence-corrected chi connectivity index (χ4v) is 2.48. The Bertz CT molecular complexity index is 652. The van der Waals surface area contributed by atoms with Crippen LogP contribution in [0.5, 0.6) is 0 Å². The summed E-state index contributed by atoms with van der Waals surface area (Å²) in [4.78, 5) is 4.49. The first-order valence-electron chi connectivity index (χ1n) is 7.58. The quantitative estimate of drug-likeness (QED) is 0.482.